The first-order valence-electron chi connectivity index (χ1n) is 5.92. The number of carboxylic acids is 1. The summed E-state index contributed by atoms with van der Waals surface area (Å²) in [5, 5.41) is 23.2. The van der Waals surface area contributed by atoms with Gasteiger partial charge in [0, 0.05) is 0 Å². The SMILES string of the molecule is CN[C@@H](Cc1ccc(O)cc1)C(=O)N[C@H](C)C(=O)O. The van der Waals surface area contributed by atoms with Crippen molar-refractivity contribution >= 4 is 11.9 Å². The van der Waals surface area contributed by atoms with Crippen molar-refractivity contribution in [3.8, 4) is 5.75 Å². The molecule has 1 aromatic rings. The van der Waals surface area contributed by atoms with Crippen molar-refractivity contribution in [2.75, 3.05) is 7.05 Å². The van der Waals surface area contributed by atoms with Crippen molar-refractivity contribution in [3.05, 3.63) is 29.8 Å². The van der Waals surface area contributed by atoms with Gasteiger partial charge < -0.3 is 20.8 Å². The summed E-state index contributed by atoms with van der Waals surface area (Å²) < 4.78 is 0. The van der Waals surface area contributed by atoms with E-state index >= 15 is 0 Å². The molecule has 104 valence electrons. The summed E-state index contributed by atoms with van der Waals surface area (Å²) in [6.45, 7) is 1.41. The Morgan fingerprint density at radius 3 is 2.32 bits per heavy atom. The second-order valence-electron chi connectivity index (χ2n) is 4.28. The van der Waals surface area contributed by atoms with Gasteiger partial charge in [0.25, 0.3) is 0 Å². The van der Waals surface area contributed by atoms with Crippen LogP contribution in [-0.2, 0) is 16.0 Å². The highest BCUT2D eigenvalue weighted by Gasteiger charge is 2.21. The number of hydrogen-bond acceptors (Lipinski definition) is 4. The van der Waals surface area contributed by atoms with E-state index in [2.05, 4.69) is 10.6 Å². The van der Waals surface area contributed by atoms with Crippen LogP contribution in [0.5, 0.6) is 5.75 Å². The van der Waals surface area contributed by atoms with E-state index in [-0.39, 0.29) is 11.7 Å². The number of nitrogens with one attached hydrogen (secondary N) is 2. The number of likely N-dealkylation sites (N-methyl/N-ethyl adjacent to an activating group) is 1. The van der Waals surface area contributed by atoms with Crippen LogP contribution in [0.1, 0.15) is 12.5 Å². The van der Waals surface area contributed by atoms with Crippen LogP contribution in [0.4, 0.5) is 0 Å². The van der Waals surface area contributed by atoms with E-state index in [4.69, 9.17) is 5.11 Å². The smallest absolute Gasteiger partial charge is 0.325 e. The Labute approximate surface area is 111 Å². The number of rotatable bonds is 6. The summed E-state index contributed by atoms with van der Waals surface area (Å²) in [6, 6.07) is 5.07. The molecule has 0 radical (unpaired) electrons. The van der Waals surface area contributed by atoms with Crippen LogP contribution in [0, 0.1) is 0 Å². The van der Waals surface area contributed by atoms with Gasteiger partial charge in [-0.25, -0.2) is 0 Å². The zero-order valence-corrected chi connectivity index (χ0v) is 10.9. The number of carboxylic acid groups (broad SMARTS) is 1. The third-order valence-electron chi connectivity index (χ3n) is 2.77. The zero-order valence-electron chi connectivity index (χ0n) is 10.9. The van der Waals surface area contributed by atoms with Gasteiger partial charge in [-0.15, -0.1) is 0 Å². The van der Waals surface area contributed by atoms with Gasteiger partial charge in [0.15, 0.2) is 0 Å². The summed E-state index contributed by atoms with van der Waals surface area (Å²) in [4.78, 5) is 22.6. The first-order chi connectivity index (χ1) is 8.93. The standard InChI is InChI=1S/C13H18N2O4/c1-8(13(18)19)15-12(17)11(14-2)7-9-3-5-10(16)6-4-9/h3-6,8,11,14,16H,7H2,1-2H3,(H,15,17)(H,18,19)/t8-,11+/m1/s1. The maximum atomic E-state index is 11.9. The van der Waals surface area contributed by atoms with Crippen LogP contribution >= 0.6 is 0 Å². The highest BCUT2D eigenvalue weighted by atomic mass is 16.4. The largest absolute Gasteiger partial charge is 0.508 e. The number of benzene rings is 1. The monoisotopic (exact) mass is 266 g/mol. The zero-order chi connectivity index (χ0) is 14.4. The van der Waals surface area contributed by atoms with E-state index in [9.17, 15) is 14.7 Å². The maximum absolute atomic E-state index is 11.9. The molecule has 0 aliphatic carbocycles. The average molecular weight is 266 g/mol. The molecule has 0 aromatic heterocycles. The lowest BCUT2D eigenvalue weighted by molar-refractivity contribution is -0.141. The molecule has 0 heterocycles. The van der Waals surface area contributed by atoms with Crippen LogP contribution in [-0.4, -0.2) is 41.2 Å². The van der Waals surface area contributed by atoms with Gasteiger partial charge in [0.05, 0.1) is 6.04 Å². The number of amides is 1. The summed E-state index contributed by atoms with van der Waals surface area (Å²) in [7, 11) is 1.64. The van der Waals surface area contributed by atoms with Gasteiger partial charge in [0.2, 0.25) is 5.91 Å². The Morgan fingerprint density at radius 2 is 1.84 bits per heavy atom. The molecule has 1 rings (SSSR count). The number of aromatic hydroxyl groups is 1. The highest BCUT2D eigenvalue weighted by Crippen LogP contribution is 2.11. The minimum absolute atomic E-state index is 0.161. The molecule has 6 heteroatoms. The molecule has 0 saturated carbocycles. The number of phenols is 1. The average Bonchev–Trinajstić information content (AvgIpc) is 2.37. The van der Waals surface area contributed by atoms with Crippen LogP contribution in [0.3, 0.4) is 0 Å². The Hall–Kier alpha value is -2.08. The fourth-order valence-electron chi connectivity index (χ4n) is 1.57. The summed E-state index contributed by atoms with van der Waals surface area (Å²) in [5.74, 6) is -1.29. The third kappa shape index (κ3) is 4.59. The van der Waals surface area contributed by atoms with E-state index in [0.29, 0.717) is 6.42 Å². The molecule has 0 spiro atoms. The molecule has 0 aliphatic rings. The van der Waals surface area contributed by atoms with Gasteiger partial charge in [0.1, 0.15) is 11.8 Å². The first kappa shape index (κ1) is 15.0. The molecule has 1 amide bonds. The Morgan fingerprint density at radius 1 is 1.26 bits per heavy atom. The second kappa shape index (κ2) is 6.75. The van der Waals surface area contributed by atoms with Gasteiger partial charge in [-0.05, 0) is 38.1 Å². The summed E-state index contributed by atoms with van der Waals surface area (Å²) in [6.07, 6.45) is 0.412. The quantitative estimate of drug-likeness (QED) is 0.586. The molecule has 19 heavy (non-hydrogen) atoms. The van der Waals surface area contributed by atoms with Crippen molar-refractivity contribution in [2.45, 2.75) is 25.4 Å². The molecule has 0 saturated heterocycles. The Balaban J connectivity index is 2.64. The maximum Gasteiger partial charge on any atom is 0.325 e. The molecule has 6 nitrogen and oxygen atoms in total. The van der Waals surface area contributed by atoms with Crippen molar-refractivity contribution < 1.29 is 19.8 Å². The van der Waals surface area contributed by atoms with Crippen molar-refractivity contribution in [3.63, 3.8) is 0 Å². The molecular weight excluding hydrogens is 248 g/mol. The Bertz CT molecular complexity index is 444. The molecule has 4 N–H and O–H groups in total. The van der Waals surface area contributed by atoms with E-state index in [1.54, 1.807) is 31.3 Å². The van der Waals surface area contributed by atoms with Crippen LogP contribution < -0.4 is 10.6 Å². The highest BCUT2D eigenvalue weighted by molar-refractivity contribution is 5.86. The van der Waals surface area contributed by atoms with E-state index < -0.39 is 18.1 Å². The lowest BCUT2D eigenvalue weighted by atomic mass is 10.0. The van der Waals surface area contributed by atoms with Crippen molar-refractivity contribution in [1.82, 2.24) is 10.6 Å². The van der Waals surface area contributed by atoms with E-state index in [1.807, 2.05) is 0 Å². The molecule has 2 atom stereocenters. The third-order valence-corrected chi connectivity index (χ3v) is 2.77. The van der Waals surface area contributed by atoms with Crippen molar-refractivity contribution in [2.24, 2.45) is 0 Å². The predicted molar refractivity (Wildman–Crippen MR) is 69.9 cm³/mol. The summed E-state index contributed by atoms with van der Waals surface area (Å²) in [5.41, 5.74) is 0.871. The lowest BCUT2D eigenvalue weighted by Gasteiger charge is -2.18. The minimum Gasteiger partial charge on any atom is -0.508 e. The fourth-order valence-corrected chi connectivity index (χ4v) is 1.57. The fraction of sp³-hybridized carbons (Fsp3) is 0.385. The topological polar surface area (TPSA) is 98.7 Å². The number of aliphatic carboxylic acids is 1. The van der Waals surface area contributed by atoms with E-state index in [1.165, 1.54) is 6.92 Å². The van der Waals surface area contributed by atoms with Crippen molar-refractivity contribution in [1.29, 1.82) is 0 Å². The normalized spacial score (nSPS) is 13.6. The molecule has 0 fully saturated rings. The van der Waals surface area contributed by atoms with Gasteiger partial charge in [-0.3, -0.25) is 9.59 Å². The number of carbonyl (C=O) groups excluding carboxylic acids is 1. The van der Waals surface area contributed by atoms with Gasteiger partial charge in [-0.1, -0.05) is 12.1 Å². The van der Waals surface area contributed by atoms with Gasteiger partial charge >= 0.3 is 5.97 Å². The minimum atomic E-state index is -1.08. The Kier molecular flexibility index (Phi) is 5.32. The lowest BCUT2D eigenvalue weighted by Crippen LogP contribution is -2.49. The van der Waals surface area contributed by atoms with Crippen LogP contribution in [0.25, 0.3) is 0 Å². The molecular formula is C13H18N2O4. The number of carbonyl (C=O) groups is 2. The molecule has 0 aliphatic heterocycles. The first-order valence-corrected chi connectivity index (χ1v) is 5.92. The molecule has 1 aromatic carbocycles. The summed E-state index contributed by atoms with van der Waals surface area (Å²) >= 11 is 0. The molecule has 0 unspecified atom stereocenters. The number of hydrogen-bond donors (Lipinski definition) is 4. The van der Waals surface area contributed by atoms with E-state index in [0.717, 1.165) is 5.56 Å². The number of phenolic OH excluding ortho intramolecular Hbond substituents is 1. The predicted octanol–water partition coefficient (Wildman–Crippen LogP) is 0.112. The molecule has 0 bridgehead atoms. The van der Waals surface area contributed by atoms with Crippen LogP contribution in [0.15, 0.2) is 24.3 Å². The van der Waals surface area contributed by atoms with Crippen LogP contribution in [0.2, 0.25) is 0 Å². The van der Waals surface area contributed by atoms with Gasteiger partial charge in [-0.2, -0.15) is 0 Å². The second-order valence-corrected chi connectivity index (χ2v) is 4.28.